The lowest BCUT2D eigenvalue weighted by molar-refractivity contribution is -0.384. The second-order valence-corrected chi connectivity index (χ2v) is 8.52. The van der Waals surface area contributed by atoms with Gasteiger partial charge in [-0.3, -0.25) is 39.7 Å². The van der Waals surface area contributed by atoms with Crippen molar-refractivity contribution in [3.8, 4) is 0 Å². The quantitative estimate of drug-likeness (QED) is 0.316. The van der Waals surface area contributed by atoms with E-state index >= 15 is 0 Å². The van der Waals surface area contributed by atoms with Crippen molar-refractivity contribution >= 4 is 51.0 Å². The minimum atomic E-state index is -0.852. The highest BCUT2D eigenvalue weighted by Crippen LogP contribution is 2.25. The first-order chi connectivity index (χ1) is 16.0. The van der Waals surface area contributed by atoms with Crippen molar-refractivity contribution in [3.63, 3.8) is 0 Å². The highest BCUT2D eigenvalue weighted by molar-refractivity contribution is 9.10. The molecular weight excluding hydrogens is 512 g/mol. The van der Waals surface area contributed by atoms with Crippen molar-refractivity contribution in [3.05, 3.63) is 67.7 Å². The number of ether oxygens (including phenoxy) is 1. The number of carbonyl (C=O) groups is 4. The van der Waals surface area contributed by atoms with E-state index in [2.05, 4.69) is 26.7 Å². The Morgan fingerprint density at radius 2 is 1.79 bits per heavy atom. The molecule has 1 atom stereocenters. The van der Waals surface area contributed by atoms with Crippen LogP contribution in [0.15, 0.2) is 40.9 Å². The number of nitrogens with one attached hydrogen (secondary N) is 2. The number of rotatable bonds is 7. The van der Waals surface area contributed by atoms with Gasteiger partial charge in [0.15, 0.2) is 6.61 Å². The molecule has 3 rings (SSSR count). The molecule has 0 radical (unpaired) electrons. The lowest BCUT2D eigenvalue weighted by Crippen LogP contribution is -2.43. The molecule has 2 aromatic rings. The summed E-state index contributed by atoms with van der Waals surface area (Å²) in [7, 11) is 0. The predicted molar refractivity (Wildman–Crippen MR) is 124 cm³/mol. The highest BCUT2D eigenvalue weighted by atomic mass is 79.9. The van der Waals surface area contributed by atoms with E-state index in [0.717, 1.165) is 20.6 Å². The lowest BCUT2D eigenvalue weighted by Gasteiger charge is -2.17. The van der Waals surface area contributed by atoms with Gasteiger partial charge in [-0.2, -0.15) is 0 Å². The summed E-state index contributed by atoms with van der Waals surface area (Å²) in [6.07, 6.45) is -0.188. The van der Waals surface area contributed by atoms with Crippen LogP contribution in [0, 0.1) is 29.9 Å². The zero-order valence-electron chi connectivity index (χ0n) is 18.3. The lowest BCUT2D eigenvalue weighted by atomic mass is 10.1. The monoisotopic (exact) mass is 532 g/mol. The molecule has 11 nitrogen and oxygen atoms in total. The Kier molecular flexibility index (Phi) is 7.61. The van der Waals surface area contributed by atoms with E-state index < -0.39 is 41.1 Å². The number of non-ortho nitro benzene ring substituents is 1. The van der Waals surface area contributed by atoms with Crippen LogP contribution in [0.2, 0.25) is 0 Å². The maximum absolute atomic E-state index is 12.3. The summed E-state index contributed by atoms with van der Waals surface area (Å²) < 4.78 is 5.99. The van der Waals surface area contributed by atoms with Gasteiger partial charge in [-0.05, 0) is 49.2 Å². The number of esters is 1. The fraction of sp³-hybridized carbons (Fsp3) is 0.273. The zero-order chi connectivity index (χ0) is 25.0. The average Bonchev–Trinajstić information content (AvgIpc) is 3.16. The molecule has 1 fully saturated rings. The number of nitro benzene ring substituents is 1. The fourth-order valence-electron chi connectivity index (χ4n) is 3.36. The van der Waals surface area contributed by atoms with Crippen LogP contribution < -0.4 is 10.7 Å². The van der Waals surface area contributed by atoms with Gasteiger partial charge < -0.3 is 10.1 Å². The predicted octanol–water partition coefficient (Wildman–Crippen LogP) is 2.65. The normalized spacial score (nSPS) is 15.1. The van der Waals surface area contributed by atoms with Crippen LogP contribution in [0.25, 0.3) is 0 Å². The Morgan fingerprint density at radius 3 is 2.38 bits per heavy atom. The second kappa shape index (κ2) is 10.4. The smallest absolute Gasteiger partial charge is 0.311 e. The van der Waals surface area contributed by atoms with Crippen LogP contribution in [-0.4, -0.2) is 46.8 Å². The number of hydrogen-bond acceptors (Lipinski definition) is 7. The molecule has 1 saturated heterocycles. The Labute approximate surface area is 202 Å². The van der Waals surface area contributed by atoms with Crippen LogP contribution in [0.3, 0.4) is 0 Å². The number of hydrazine groups is 1. The topological polar surface area (TPSA) is 148 Å². The number of amides is 3. The van der Waals surface area contributed by atoms with Crippen molar-refractivity contribution in [1.82, 2.24) is 10.4 Å². The minimum Gasteiger partial charge on any atom is -0.455 e. The summed E-state index contributed by atoms with van der Waals surface area (Å²) in [5.74, 6) is -3.27. The van der Waals surface area contributed by atoms with Crippen LogP contribution in [-0.2, 0) is 19.1 Å². The molecular formula is C22H21BrN4O7. The minimum absolute atomic E-state index is 0.111. The largest absolute Gasteiger partial charge is 0.455 e. The molecule has 0 saturated carbocycles. The molecule has 2 N–H and O–H groups in total. The summed E-state index contributed by atoms with van der Waals surface area (Å²) in [6.45, 7) is 3.13. The highest BCUT2D eigenvalue weighted by Gasteiger charge is 2.36. The van der Waals surface area contributed by atoms with Crippen LogP contribution in [0.1, 0.15) is 27.9 Å². The first-order valence-corrected chi connectivity index (χ1v) is 10.9. The molecule has 34 heavy (non-hydrogen) atoms. The van der Waals surface area contributed by atoms with E-state index in [1.807, 2.05) is 13.8 Å². The molecule has 2 aromatic carbocycles. The van der Waals surface area contributed by atoms with Crippen LogP contribution in [0.5, 0.6) is 0 Å². The van der Waals surface area contributed by atoms with Gasteiger partial charge in [0, 0.05) is 34.3 Å². The molecule has 0 bridgehead atoms. The van der Waals surface area contributed by atoms with Crippen LogP contribution in [0.4, 0.5) is 11.4 Å². The standard InChI is InChI=1S/C22H21BrN4O7/c1-12-7-16(8-13(2)20(12)23)24-18(28)11-34-22(31)15-9-19(29)26(10-15)25-21(30)14-3-5-17(6-4-14)27(32)33/h3-8,15H,9-11H2,1-2H3,(H,24,28)(H,25,30)/t15-/m1/s1. The van der Waals surface area contributed by atoms with Crippen molar-refractivity contribution in [1.29, 1.82) is 0 Å². The molecule has 0 aliphatic carbocycles. The first-order valence-electron chi connectivity index (χ1n) is 10.1. The Morgan fingerprint density at radius 1 is 1.18 bits per heavy atom. The van der Waals surface area contributed by atoms with E-state index in [4.69, 9.17) is 4.74 Å². The second-order valence-electron chi connectivity index (χ2n) is 7.73. The average molecular weight is 533 g/mol. The number of nitrogens with zero attached hydrogens (tertiary/aromatic N) is 2. The SMILES string of the molecule is Cc1cc(NC(=O)COC(=O)[C@@H]2CC(=O)N(NC(=O)c3ccc([N+](=O)[O-])cc3)C2)cc(C)c1Br. The van der Waals surface area contributed by atoms with E-state index in [-0.39, 0.29) is 24.2 Å². The molecule has 1 heterocycles. The van der Waals surface area contributed by atoms with E-state index in [1.165, 1.54) is 24.3 Å². The molecule has 12 heteroatoms. The number of benzene rings is 2. The van der Waals surface area contributed by atoms with Gasteiger partial charge in [-0.25, -0.2) is 0 Å². The molecule has 1 aliphatic heterocycles. The summed E-state index contributed by atoms with van der Waals surface area (Å²) in [4.78, 5) is 59.1. The molecule has 0 unspecified atom stereocenters. The van der Waals surface area contributed by atoms with Crippen LogP contribution >= 0.6 is 15.9 Å². The summed E-state index contributed by atoms with van der Waals surface area (Å²) in [5, 5.41) is 14.4. The third-order valence-electron chi connectivity index (χ3n) is 5.10. The third-order valence-corrected chi connectivity index (χ3v) is 6.35. The summed E-state index contributed by atoms with van der Waals surface area (Å²) >= 11 is 3.45. The molecule has 1 aliphatic rings. The number of carbonyl (C=O) groups excluding carboxylic acids is 4. The fourth-order valence-corrected chi connectivity index (χ4v) is 3.59. The number of nitro groups is 1. The maximum atomic E-state index is 12.3. The third kappa shape index (κ3) is 5.95. The van der Waals surface area contributed by atoms with Crippen molar-refractivity contribution in [2.45, 2.75) is 20.3 Å². The van der Waals surface area contributed by atoms with Gasteiger partial charge in [0.2, 0.25) is 5.91 Å². The van der Waals surface area contributed by atoms with Crippen molar-refractivity contribution in [2.75, 3.05) is 18.5 Å². The maximum Gasteiger partial charge on any atom is 0.311 e. The van der Waals surface area contributed by atoms with Crippen molar-refractivity contribution < 1.29 is 28.8 Å². The Balaban J connectivity index is 1.50. The van der Waals surface area contributed by atoms with E-state index in [0.29, 0.717) is 5.69 Å². The summed E-state index contributed by atoms with van der Waals surface area (Å²) in [6, 6.07) is 8.40. The van der Waals surface area contributed by atoms with Gasteiger partial charge in [0.1, 0.15) is 0 Å². The van der Waals surface area contributed by atoms with Gasteiger partial charge in [0.25, 0.3) is 17.5 Å². The number of hydrogen-bond donors (Lipinski definition) is 2. The van der Waals surface area contributed by atoms with Crippen molar-refractivity contribution in [2.24, 2.45) is 5.92 Å². The number of halogens is 1. The molecule has 0 aromatic heterocycles. The number of anilines is 1. The van der Waals surface area contributed by atoms with E-state index in [9.17, 15) is 29.3 Å². The molecule has 3 amide bonds. The Hall–Kier alpha value is -3.80. The van der Waals surface area contributed by atoms with Gasteiger partial charge in [0.05, 0.1) is 17.4 Å². The summed E-state index contributed by atoms with van der Waals surface area (Å²) in [5.41, 5.74) is 4.75. The first kappa shape index (κ1) is 24.8. The number of aryl methyl sites for hydroxylation is 2. The van der Waals surface area contributed by atoms with Gasteiger partial charge in [-0.1, -0.05) is 15.9 Å². The Bertz CT molecular complexity index is 1140. The van der Waals surface area contributed by atoms with Gasteiger partial charge in [-0.15, -0.1) is 0 Å². The molecule has 178 valence electrons. The zero-order valence-corrected chi connectivity index (χ0v) is 19.9. The van der Waals surface area contributed by atoms with E-state index in [1.54, 1.807) is 12.1 Å². The molecule has 0 spiro atoms. The van der Waals surface area contributed by atoms with Gasteiger partial charge >= 0.3 is 5.97 Å².